The van der Waals surface area contributed by atoms with E-state index in [1.54, 1.807) is 6.07 Å². The normalized spacial score (nSPS) is 10.8. The van der Waals surface area contributed by atoms with Crippen molar-refractivity contribution in [1.29, 1.82) is 0 Å². The van der Waals surface area contributed by atoms with Gasteiger partial charge in [-0.1, -0.05) is 29.8 Å². The maximum Gasteiger partial charge on any atom is 0.253 e. The summed E-state index contributed by atoms with van der Waals surface area (Å²) in [6.45, 7) is 0.430. The zero-order chi connectivity index (χ0) is 14.8. The monoisotopic (exact) mass is 362 g/mol. The van der Waals surface area contributed by atoms with Crippen LogP contribution in [0.4, 0.5) is 5.69 Å². The Morgan fingerprint density at radius 1 is 1.14 bits per heavy atom. The topological polar surface area (TPSA) is 44.9 Å². The molecule has 0 bridgehead atoms. The van der Waals surface area contributed by atoms with Crippen molar-refractivity contribution in [2.75, 3.05) is 5.32 Å². The average molecular weight is 364 g/mol. The summed E-state index contributed by atoms with van der Waals surface area (Å²) in [4.78, 5) is 15.0. The minimum absolute atomic E-state index is 0.0839. The first-order valence-electron chi connectivity index (χ1n) is 6.43. The number of halogens is 2. The largest absolute Gasteiger partial charge is 0.380 e. The number of aromatic amines is 1. The molecule has 0 aliphatic heterocycles. The predicted molar refractivity (Wildman–Crippen MR) is 91.0 cm³/mol. The molecular weight excluding hydrogens is 352 g/mol. The minimum atomic E-state index is -0.0839. The zero-order valence-corrected chi connectivity index (χ0v) is 13.3. The van der Waals surface area contributed by atoms with E-state index >= 15 is 0 Å². The van der Waals surface area contributed by atoms with E-state index < -0.39 is 0 Å². The fraction of sp³-hybridized carbons (Fsp3) is 0.0625. The maximum atomic E-state index is 12.1. The van der Waals surface area contributed by atoms with E-state index in [4.69, 9.17) is 11.6 Å². The van der Waals surface area contributed by atoms with Crippen LogP contribution < -0.4 is 10.9 Å². The van der Waals surface area contributed by atoms with Crippen LogP contribution in [0.5, 0.6) is 0 Å². The Hall–Kier alpha value is -1.78. The minimum Gasteiger partial charge on any atom is -0.380 e. The molecule has 3 rings (SSSR count). The molecule has 0 saturated carbocycles. The number of nitrogens with one attached hydrogen (secondary N) is 2. The van der Waals surface area contributed by atoms with Gasteiger partial charge in [0.05, 0.1) is 5.69 Å². The lowest BCUT2D eigenvalue weighted by Gasteiger charge is -2.09. The fourth-order valence-corrected chi connectivity index (χ4v) is 2.71. The molecule has 0 amide bonds. The summed E-state index contributed by atoms with van der Waals surface area (Å²) in [6, 6.07) is 15.1. The summed E-state index contributed by atoms with van der Waals surface area (Å²) < 4.78 is 0.907. The van der Waals surface area contributed by atoms with Crippen molar-refractivity contribution in [2.45, 2.75) is 6.54 Å². The van der Waals surface area contributed by atoms with Crippen molar-refractivity contribution in [1.82, 2.24) is 4.98 Å². The average Bonchev–Trinajstić information content (AvgIpc) is 2.48. The number of benzene rings is 2. The second kappa shape index (κ2) is 5.92. The van der Waals surface area contributed by atoms with Crippen molar-refractivity contribution in [3.63, 3.8) is 0 Å². The van der Waals surface area contributed by atoms with Gasteiger partial charge >= 0.3 is 0 Å². The molecule has 1 aromatic heterocycles. The van der Waals surface area contributed by atoms with Crippen LogP contribution in [-0.2, 0) is 6.54 Å². The van der Waals surface area contributed by atoms with Crippen LogP contribution in [0.25, 0.3) is 10.9 Å². The molecule has 3 aromatic rings. The van der Waals surface area contributed by atoms with Gasteiger partial charge in [-0.25, -0.2) is 0 Å². The van der Waals surface area contributed by atoms with Gasteiger partial charge in [-0.15, -0.1) is 0 Å². The molecule has 3 nitrogen and oxygen atoms in total. The summed E-state index contributed by atoms with van der Waals surface area (Å²) in [6.07, 6.45) is 0. The van der Waals surface area contributed by atoms with Crippen LogP contribution in [0.1, 0.15) is 5.56 Å². The highest BCUT2D eigenvalue weighted by Crippen LogP contribution is 2.26. The first-order valence-corrected chi connectivity index (χ1v) is 7.60. The molecule has 106 valence electrons. The first kappa shape index (κ1) is 14.2. The van der Waals surface area contributed by atoms with Crippen molar-refractivity contribution < 1.29 is 0 Å². The van der Waals surface area contributed by atoms with Gasteiger partial charge in [0.1, 0.15) is 0 Å². The fourth-order valence-electron chi connectivity index (χ4n) is 2.15. The number of rotatable bonds is 3. The highest BCUT2D eigenvalue weighted by molar-refractivity contribution is 9.10. The first-order chi connectivity index (χ1) is 10.1. The molecular formula is C16H12BrClN2O. The second-order valence-corrected chi connectivity index (χ2v) is 5.98. The number of aromatic nitrogens is 1. The summed E-state index contributed by atoms with van der Waals surface area (Å²) in [5.41, 5.74) is 2.30. The standard InChI is InChI=1S/C16H12BrClN2O/c17-13-6-5-12(18)8-15(13)19-9-11-7-10-3-1-2-4-14(10)20-16(11)21/h1-8,19H,9H2,(H,20,21). The quantitative estimate of drug-likeness (QED) is 0.716. The van der Waals surface area contributed by atoms with Crippen molar-refractivity contribution in [3.05, 3.63) is 73.9 Å². The van der Waals surface area contributed by atoms with E-state index in [0.29, 0.717) is 17.1 Å². The number of hydrogen-bond donors (Lipinski definition) is 2. The number of fused-ring (bicyclic) bond motifs is 1. The number of pyridine rings is 1. The highest BCUT2D eigenvalue weighted by atomic mass is 79.9. The van der Waals surface area contributed by atoms with Crippen molar-refractivity contribution in [3.8, 4) is 0 Å². The molecule has 0 unspecified atom stereocenters. The van der Waals surface area contributed by atoms with E-state index in [1.807, 2.05) is 42.5 Å². The van der Waals surface area contributed by atoms with Gasteiger partial charge in [0.25, 0.3) is 5.56 Å². The van der Waals surface area contributed by atoms with Gasteiger partial charge < -0.3 is 10.3 Å². The van der Waals surface area contributed by atoms with E-state index in [9.17, 15) is 4.79 Å². The smallest absolute Gasteiger partial charge is 0.253 e. The van der Waals surface area contributed by atoms with Gasteiger partial charge in [0.2, 0.25) is 0 Å². The molecule has 0 fully saturated rings. The van der Waals surface area contributed by atoms with Crippen LogP contribution in [0.2, 0.25) is 5.02 Å². The Morgan fingerprint density at radius 2 is 1.95 bits per heavy atom. The SMILES string of the molecule is O=c1[nH]c2ccccc2cc1CNc1cc(Cl)ccc1Br. The summed E-state index contributed by atoms with van der Waals surface area (Å²) >= 11 is 9.43. The molecule has 0 aliphatic rings. The van der Waals surface area contributed by atoms with Crippen molar-refractivity contribution in [2.24, 2.45) is 0 Å². The molecule has 0 atom stereocenters. The number of hydrogen-bond acceptors (Lipinski definition) is 2. The highest BCUT2D eigenvalue weighted by Gasteiger charge is 2.05. The Labute approximate surface area is 135 Å². The Bertz CT molecular complexity index is 860. The van der Waals surface area contributed by atoms with E-state index in [0.717, 1.165) is 21.1 Å². The third kappa shape index (κ3) is 3.12. The molecule has 2 aromatic carbocycles. The van der Waals surface area contributed by atoms with E-state index in [1.165, 1.54) is 0 Å². The third-order valence-corrected chi connectivity index (χ3v) is 4.15. The maximum absolute atomic E-state index is 12.1. The Morgan fingerprint density at radius 3 is 2.81 bits per heavy atom. The summed E-state index contributed by atoms with van der Waals surface area (Å²) in [5, 5.41) is 4.88. The summed E-state index contributed by atoms with van der Waals surface area (Å²) in [5.74, 6) is 0. The van der Waals surface area contributed by atoms with Crippen LogP contribution >= 0.6 is 27.5 Å². The van der Waals surface area contributed by atoms with Crippen LogP contribution in [0.15, 0.2) is 57.8 Å². The lowest BCUT2D eigenvalue weighted by molar-refractivity contribution is 1.09. The molecule has 2 N–H and O–H groups in total. The van der Waals surface area contributed by atoms with Gasteiger partial charge in [0, 0.05) is 27.1 Å². The van der Waals surface area contributed by atoms with Crippen LogP contribution in [0.3, 0.4) is 0 Å². The molecule has 0 spiro atoms. The molecule has 1 heterocycles. The lowest BCUT2D eigenvalue weighted by atomic mass is 10.1. The van der Waals surface area contributed by atoms with Crippen LogP contribution in [-0.4, -0.2) is 4.98 Å². The predicted octanol–water partition coefficient (Wildman–Crippen LogP) is 4.56. The van der Waals surface area contributed by atoms with Crippen LogP contribution in [0, 0.1) is 0 Å². The molecule has 0 aliphatic carbocycles. The summed E-state index contributed by atoms with van der Waals surface area (Å²) in [7, 11) is 0. The Kier molecular flexibility index (Phi) is 3.99. The van der Waals surface area contributed by atoms with Gasteiger partial charge in [-0.2, -0.15) is 0 Å². The molecule has 0 radical (unpaired) electrons. The number of anilines is 1. The molecule has 5 heteroatoms. The number of H-pyrrole nitrogens is 1. The van der Waals surface area contributed by atoms with Gasteiger partial charge in [-0.05, 0) is 51.6 Å². The van der Waals surface area contributed by atoms with E-state index in [2.05, 4.69) is 26.2 Å². The third-order valence-electron chi connectivity index (χ3n) is 3.23. The van der Waals surface area contributed by atoms with Gasteiger partial charge in [-0.3, -0.25) is 4.79 Å². The van der Waals surface area contributed by atoms with E-state index in [-0.39, 0.29) is 5.56 Å². The molecule has 21 heavy (non-hydrogen) atoms. The Balaban J connectivity index is 1.90. The lowest BCUT2D eigenvalue weighted by Crippen LogP contribution is -2.15. The van der Waals surface area contributed by atoms with Crippen molar-refractivity contribution >= 4 is 44.1 Å². The molecule has 0 saturated heterocycles. The second-order valence-electron chi connectivity index (χ2n) is 4.69. The van der Waals surface area contributed by atoms with Gasteiger partial charge in [0.15, 0.2) is 0 Å². The zero-order valence-electron chi connectivity index (χ0n) is 11.0. The number of para-hydroxylation sites is 1.